The zero-order valence-electron chi connectivity index (χ0n) is 14.4. The average molecular weight is 347 g/mol. The van der Waals surface area contributed by atoms with Gasteiger partial charge in [-0.15, -0.1) is 0 Å². The van der Waals surface area contributed by atoms with Crippen LogP contribution in [0.3, 0.4) is 0 Å². The van der Waals surface area contributed by atoms with E-state index in [1.165, 1.54) is 0 Å². The summed E-state index contributed by atoms with van der Waals surface area (Å²) < 4.78 is 6.88. The third-order valence-electron chi connectivity index (χ3n) is 4.10. The van der Waals surface area contributed by atoms with Crippen LogP contribution in [0.1, 0.15) is 17.1 Å². The smallest absolute Gasteiger partial charge is 0.258 e. The summed E-state index contributed by atoms with van der Waals surface area (Å²) >= 11 is 0. The number of nitrogens with zero attached hydrogens (tertiary/aromatic N) is 4. The third-order valence-corrected chi connectivity index (χ3v) is 4.10. The highest BCUT2D eigenvalue weighted by molar-refractivity contribution is 5.79. The summed E-state index contributed by atoms with van der Waals surface area (Å²) in [5, 5.41) is 4.85. The van der Waals surface area contributed by atoms with Crippen molar-refractivity contribution in [3.8, 4) is 11.6 Å². The van der Waals surface area contributed by atoms with Gasteiger partial charge < -0.3 is 9.72 Å². The maximum atomic E-state index is 12.3. The first-order chi connectivity index (χ1) is 12.6. The van der Waals surface area contributed by atoms with Crippen molar-refractivity contribution >= 4 is 10.9 Å². The van der Waals surface area contributed by atoms with Crippen molar-refractivity contribution in [1.82, 2.24) is 24.7 Å². The van der Waals surface area contributed by atoms with E-state index in [4.69, 9.17) is 4.74 Å². The van der Waals surface area contributed by atoms with Gasteiger partial charge in [0.1, 0.15) is 11.6 Å². The van der Waals surface area contributed by atoms with Gasteiger partial charge in [0.2, 0.25) is 0 Å². The molecule has 0 spiro atoms. The standard InChI is InChI=1S/C19H17N5O2/c1-12-7-8-24(23-12)18-6-3-13(11-20-18)9-17-21-16-5-4-14(26-2)10-15(16)19(25)22-17/h3-8,10-11H,9H2,1-2H3,(H,21,22,25). The molecule has 0 amide bonds. The first-order valence-electron chi connectivity index (χ1n) is 8.17. The second kappa shape index (κ2) is 6.44. The molecule has 26 heavy (non-hydrogen) atoms. The van der Waals surface area contributed by atoms with E-state index < -0.39 is 0 Å². The summed E-state index contributed by atoms with van der Waals surface area (Å²) in [4.78, 5) is 24.1. The van der Waals surface area contributed by atoms with Gasteiger partial charge in [-0.1, -0.05) is 6.07 Å². The highest BCUT2D eigenvalue weighted by Gasteiger charge is 2.07. The molecule has 3 aromatic heterocycles. The number of hydrogen-bond acceptors (Lipinski definition) is 5. The van der Waals surface area contributed by atoms with Crippen LogP contribution < -0.4 is 10.3 Å². The molecule has 0 aliphatic heterocycles. The number of ether oxygens (including phenoxy) is 1. The Morgan fingerprint density at radius 1 is 1.19 bits per heavy atom. The first-order valence-corrected chi connectivity index (χ1v) is 8.17. The Morgan fingerprint density at radius 3 is 2.77 bits per heavy atom. The molecule has 1 N–H and O–H groups in total. The maximum Gasteiger partial charge on any atom is 0.258 e. The van der Waals surface area contributed by atoms with Crippen molar-refractivity contribution in [2.75, 3.05) is 7.11 Å². The number of aromatic amines is 1. The van der Waals surface area contributed by atoms with Gasteiger partial charge in [0.15, 0.2) is 5.82 Å². The van der Waals surface area contributed by atoms with Crippen LogP contribution in [-0.4, -0.2) is 31.8 Å². The molecular formula is C19H17N5O2. The van der Waals surface area contributed by atoms with Gasteiger partial charge in [-0.3, -0.25) is 4.79 Å². The largest absolute Gasteiger partial charge is 0.497 e. The van der Waals surface area contributed by atoms with Crippen molar-refractivity contribution < 1.29 is 4.74 Å². The highest BCUT2D eigenvalue weighted by Crippen LogP contribution is 2.17. The van der Waals surface area contributed by atoms with Crippen molar-refractivity contribution in [3.05, 3.63) is 76.2 Å². The van der Waals surface area contributed by atoms with E-state index in [2.05, 4.69) is 20.1 Å². The normalized spacial score (nSPS) is 11.0. The molecular weight excluding hydrogens is 330 g/mol. The predicted octanol–water partition coefficient (Wildman–Crippen LogP) is 2.41. The van der Waals surface area contributed by atoms with Crippen LogP contribution in [0.25, 0.3) is 16.7 Å². The molecule has 0 saturated heterocycles. The van der Waals surface area contributed by atoms with E-state index in [1.807, 2.05) is 31.3 Å². The minimum Gasteiger partial charge on any atom is -0.497 e. The minimum atomic E-state index is -0.180. The topological polar surface area (TPSA) is 85.7 Å². The van der Waals surface area contributed by atoms with Gasteiger partial charge in [-0.05, 0) is 42.8 Å². The maximum absolute atomic E-state index is 12.3. The first kappa shape index (κ1) is 16.0. The van der Waals surface area contributed by atoms with E-state index in [0.29, 0.717) is 28.9 Å². The summed E-state index contributed by atoms with van der Waals surface area (Å²) in [5.41, 5.74) is 2.35. The Morgan fingerprint density at radius 2 is 2.08 bits per heavy atom. The Labute approximate surface area is 149 Å². The molecule has 0 radical (unpaired) electrons. The SMILES string of the molecule is COc1ccc2nc(Cc3ccc(-n4ccc(C)n4)nc3)[nH]c(=O)c2c1. The summed E-state index contributed by atoms with van der Waals surface area (Å²) in [6.45, 7) is 1.93. The zero-order valence-corrected chi connectivity index (χ0v) is 14.4. The minimum absolute atomic E-state index is 0.180. The Bertz CT molecular complexity index is 1130. The van der Waals surface area contributed by atoms with E-state index in [9.17, 15) is 4.79 Å². The second-order valence-corrected chi connectivity index (χ2v) is 6.00. The molecule has 0 aliphatic rings. The van der Waals surface area contributed by atoms with Gasteiger partial charge in [-0.25, -0.2) is 14.6 Å². The molecule has 0 saturated carbocycles. The number of hydrogen-bond donors (Lipinski definition) is 1. The van der Waals surface area contributed by atoms with Gasteiger partial charge >= 0.3 is 0 Å². The molecule has 4 aromatic rings. The summed E-state index contributed by atoms with van der Waals surface area (Å²) in [6.07, 6.45) is 4.13. The quantitative estimate of drug-likeness (QED) is 0.613. The Hall–Kier alpha value is -3.48. The number of pyridine rings is 1. The van der Waals surface area contributed by atoms with Gasteiger partial charge in [0.05, 0.1) is 23.7 Å². The van der Waals surface area contributed by atoms with Crippen LogP contribution in [0.5, 0.6) is 5.75 Å². The number of benzene rings is 1. The number of aryl methyl sites for hydroxylation is 1. The fourth-order valence-corrected chi connectivity index (χ4v) is 2.77. The number of H-pyrrole nitrogens is 1. The van der Waals surface area contributed by atoms with Crippen LogP contribution in [0, 0.1) is 6.92 Å². The number of fused-ring (bicyclic) bond motifs is 1. The third kappa shape index (κ3) is 3.06. The molecule has 4 rings (SSSR count). The van der Waals surface area contributed by atoms with E-state index in [1.54, 1.807) is 36.2 Å². The van der Waals surface area contributed by atoms with Crippen LogP contribution in [0.15, 0.2) is 53.6 Å². The van der Waals surface area contributed by atoms with Crippen LogP contribution in [0.2, 0.25) is 0 Å². The number of rotatable bonds is 4. The van der Waals surface area contributed by atoms with Crippen LogP contribution >= 0.6 is 0 Å². The lowest BCUT2D eigenvalue weighted by Crippen LogP contribution is -2.12. The fraction of sp³-hybridized carbons (Fsp3) is 0.158. The summed E-state index contributed by atoms with van der Waals surface area (Å²) in [6, 6.07) is 11.0. The van der Waals surface area contributed by atoms with E-state index >= 15 is 0 Å². The lowest BCUT2D eigenvalue weighted by atomic mass is 10.2. The molecule has 130 valence electrons. The molecule has 0 atom stereocenters. The zero-order chi connectivity index (χ0) is 18.1. The van der Waals surface area contributed by atoms with Gasteiger partial charge in [0.25, 0.3) is 5.56 Å². The van der Waals surface area contributed by atoms with Gasteiger partial charge in [0, 0.05) is 18.8 Å². The van der Waals surface area contributed by atoms with Crippen molar-refractivity contribution in [2.45, 2.75) is 13.3 Å². The predicted molar refractivity (Wildman–Crippen MR) is 97.8 cm³/mol. The molecule has 7 heteroatoms. The average Bonchev–Trinajstić information content (AvgIpc) is 3.08. The Kier molecular flexibility index (Phi) is 3.96. The molecule has 0 bridgehead atoms. The number of aromatic nitrogens is 5. The van der Waals surface area contributed by atoms with Crippen molar-refractivity contribution in [2.24, 2.45) is 0 Å². The van der Waals surface area contributed by atoms with E-state index in [0.717, 1.165) is 17.1 Å². The second-order valence-electron chi connectivity index (χ2n) is 6.00. The molecule has 1 aromatic carbocycles. The molecule has 7 nitrogen and oxygen atoms in total. The Balaban J connectivity index is 1.61. The number of nitrogens with one attached hydrogen (secondary N) is 1. The van der Waals surface area contributed by atoms with Crippen molar-refractivity contribution in [3.63, 3.8) is 0 Å². The number of methoxy groups -OCH3 is 1. The molecule has 3 heterocycles. The van der Waals surface area contributed by atoms with Crippen molar-refractivity contribution in [1.29, 1.82) is 0 Å². The molecule has 0 unspecified atom stereocenters. The van der Waals surface area contributed by atoms with Gasteiger partial charge in [-0.2, -0.15) is 5.10 Å². The van der Waals surface area contributed by atoms with Crippen LogP contribution in [0.4, 0.5) is 0 Å². The van der Waals surface area contributed by atoms with Crippen LogP contribution in [-0.2, 0) is 6.42 Å². The fourth-order valence-electron chi connectivity index (χ4n) is 2.77. The van der Waals surface area contributed by atoms with E-state index in [-0.39, 0.29) is 5.56 Å². The molecule has 0 fully saturated rings. The highest BCUT2D eigenvalue weighted by atomic mass is 16.5. The lowest BCUT2D eigenvalue weighted by Gasteiger charge is -2.06. The lowest BCUT2D eigenvalue weighted by molar-refractivity contribution is 0.415. The summed E-state index contributed by atoms with van der Waals surface area (Å²) in [5.74, 6) is 1.97. The summed E-state index contributed by atoms with van der Waals surface area (Å²) in [7, 11) is 1.57. The monoisotopic (exact) mass is 347 g/mol. The molecule has 0 aliphatic carbocycles.